The lowest BCUT2D eigenvalue weighted by Crippen LogP contribution is -2.40. The van der Waals surface area contributed by atoms with Crippen LogP contribution in [0, 0.1) is 19.8 Å². The van der Waals surface area contributed by atoms with Crippen LogP contribution < -0.4 is 5.32 Å². The molecule has 0 spiro atoms. The molecule has 140 valence electrons. The molecule has 3 heterocycles. The predicted molar refractivity (Wildman–Crippen MR) is 105 cm³/mol. The molecule has 0 aromatic carbocycles. The summed E-state index contributed by atoms with van der Waals surface area (Å²) in [4.78, 5) is 31.3. The normalized spacial score (nSPS) is 18.0. The number of likely N-dealkylation sites (tertiary alicyclic amines) is 1. The molecular weight excluding hydrogens is 346 g/mol. The molecule has 1 atom stereocenters. The molecule has 1 unspecified atom stereocenters. The molecule has 0 saturated carbocycles. The second-order valence-electron chi connectivity index (χ2n) is 7.21. The van der Waals surface area contributed by atoms with E-state index in [0.717, 1.165) is 37.3 Å². The highest BCUT2D eigenvalue weighted by Crippen LogP contribution is 2.21. The average Bonchev–Trinajstić information content (AvgIpc) is 3.20. The molecule has 1 amide bonds. The van der Waals surface area contributed by atoms with Gasteiger partial charge in [0, 0.05) is 35.8 Å². The lowest BCUT2D eigenvalue weighted by atomic mass is 9.98. The zero-order valence-electron chi connectivity index (χ0n) is 15.7. The van der Waals surface area contributed by atoms with Gasteiger partial charge in [-0.15, -0.1) is 11.3 Å². The lowest BCUT2D eigenvalue weighted by Gasteiger charge is -2.32. The highest BCUT2D eigenvalue weighted by molar-refractivity contribution is 7.09. The minimum Gasteiger partial charge on any atom is -0.354 e. The Kier molecular flexibility index (Phi) is 5.94. The molecule has 6 heteroatoms. The summed E-state index contributed by atoms with van der Waals surface area (Å²) in [5.41, 5.74) is 2.66. The van der Waals surface area contributed by atoms with Crippen molar-refractivity contribution >= 4 is 23.0 Å². The lowest BCUT2D eigenvalue weighted by molar-refractivity contribution is 0.0925. The maximum atomic E-state index is 12.6. The van der Waals surface area contributed by atoms with Crippen LogP contribution in [0.4, 0.5) is 0 Å². The molecule has 2 N–H and O–H groups in total. The number of H-pyrrole nitrogens is 1. The smallest absolute Gasteiger partial charge is 0.268 e. The quantitative estimate of drug-likeness (QED) is 0.761. The highest BCUT2D eigenvalue weighted by Gasteiger charge is 2.23. The van der Waals surface area contributed by atoms with E-state index in [1.165, 1.54) is 18.2 Å². The molecule has 5 nitrogen and oxygen atoms in total. The first-order valence-corrected chi connectivity index (χ1v) is 10.1. The number of hydrogen-bond donors (Lipinski definition) is 2. The van der Waals surface area contributed by atoms with Crippen molar-refractivity contribution in [1.29, 1.82) is 0 Å². The molecule has 1 saturated heterocycles. The van der Waals surface area contributed by atoms with E-state index in [1.54, 1.807) is 11.3 Å². The van der Waals surface area contributed by atoms with Crippen LogP contribution in [0.1, 0.15) is 56.7 Å². The number of thiophene rings is 1. The number of hydrogen-bond acceptors (Lipinski definition) is 4. The number of amides is 1. The van der Waals surface area contributed by atoms with E-state index < -0.39 is 0 Å². The molecule has 2 aromatic heterocycles. The van der Waals surface area contributed by atoms with Crippen molar-refractivity contribution < 1.29 is 9.59 Å². The van der Waals surface area contributed by atoms with Crippen molar-refractivity contribution in [2.75, 3.05) is 19.6 Å². The van der Waals surface area contributed by atoms with Gasteiger partial charge in [-0.25, -0.2) is 0 Å². The van der Waals surface area contributed by atoms with E-state index in [0.29, 0.717) is 23.7 Å². The molecule has 3 rings (SSSR count). The number of carbonyl (C=O) groups excluding carboxylic acids is 2. The SMILES string of the molecule is CC(=O)c1c(C)[nH]c(C(=O)NCC2CCCN(Cc3cccs3)C2)c1C. The predicted octanol–water partition coefficient (Wildman–Crippen LogP) is 3.54. The molecule has 1 aliphatic rings. The molecule has 26 heavy (non-hydrogen) atoms. The molecule has 1 aliphatic heterocycles. The maximum Gasteiger partial charge on any atom is 0.268 e. The Morgan fingerprint density at radius 3 is 2.85 bits per heavy atom. The van der Waals surface area contributed by atoms with Crippen molar-refractivity contribution in [3.8, 4) is 0 Å². The van der Waals surface area contributed by atoms with Gasteiger partial charge in [0.05, 0.1) is 0 Å². The molecule has 0 aliphatic carbocycles. The van der Waals surface area contributed by atoms with Gasteiger partial charge in [0.2, 0.25) is 0 Å². The van der Waals surface area contributed by atoms with Crippen LogP contribution in [0.15, 0.2) is 17.5 Å². The van der Waals surface area contributed by atoms with Gasteiger partial charge in [-0.05, 0) is 63.1 Å². The number of piperidine rings is 1. The first-order valence-electron chi connectivity index (χ1n) is 9.18. The van der Waals surface area contributed by atoms with Gasteiger partial charge in [-0.2, -0.15) is 0 Å². The summed E-state index contributed by atoms with van der Waals surface area (Å²) in [6.07, 6.45) is 2.31. The van der Waals surface area contributed by atoms with E-state index in [1.807, 2.05) is 13.8 Å². The first kappa shape index (κ1) is 18.9. The fourth-order valence-corrected chi connectivity index (χ4v) is 4.66. The maximum absolute atomic E-state index is 12.6. The number of aryl methyl sites for hydroxylation is 1. The second-order valence-corrected chi connectivity index (χ2v) is 8.25. The number of aromatic nitrogens is 1. The molecule has 0 radical (unpaired) electrons. The summed E-state index contributed by atoms with van der Waals surface area (Å²) >= 11 is 1.80. The van der Waals surface area contributed by atoms with Crippen LogP contribution in [-0.4, -0.2) is 41.2 Å². The van der Waals surface area contributed by atoms with Crippen molar-refractivity contribution in [3.63, 3.8) is 0 Å². The van der Waals surface area contributed by atoms with E-state index in [4.69, 9.17) is 0 Å². The van der Waals surface area contributed by atoms with Crippen molar-refractivity contribution in [1.82, 2.24) is 15.2 Å². The minimum atomic E-state index is -0.117. The largest absolute Gasteiger partial charge is 0.354 e. The molecular formula is C20H27N3O2S. The van der Waals surface area contributed by atoms with Crippen molar-refractivity contribution in [2.24, 2.45) is 5.92 Å². The van der Waals surface area contributed by atoms with Crippen LogP contribution in [-0.2, 0) is 6.54 Å². The van der Waals surface area contributed by atoms with Crippen LogP contribution in [0.2, 0.25) is 0 Å². The van der Waals surface area contributed by atoms with Gasteiger partial charge in [-0.3, -0.25) is 14.5 Å². The number of aromatic amines is 1. The van der Waals surface area contributed by atoms with Gasteiger partial charge in [-0.1, -0.05) is 6.07 Å². The van der Waals surface area contributed by atoms with E-state index in [-0.39, 0.29) is 11.7 Å². The fraction of sp³-hybridized carbons (Fsp3) is 0.500. The summed E-state index contributed by atoms with van der Waals surface area (Å²) < 4.78 is 0. The van der Waals surface area contributed by atoms with Gasteiger partial charge in [0.25, 0.3) is 5.91 Å². The Labute approximate surface area is 158 Å². The molecule has 1 fully saturated rings. The average molecular weight is 374 g/mol. The Bertz CT molecular complexity index is 779. The van der Waals surface area contributed by atoms with Crippen LogP contribution in [0.25, 0.3) is 0 Å². The number of rotatable bonds is 6. The van der Waals surface area contributed by atoms with E-state index in [9.17, 15) is 9.59 Å². The Morgan fingerprint density at radius 1 is 1.38 bits per heavy atom. The summed E-state index contributed by atoms with van der Waals surface area (Å²) in [6.45, 7) is 9.02. The van der Waals surface area contributed by atoms with Gasteiger partial charge >= 0.3 is 0 Å². The van der Waals surface area contributed by atoms with E-state index in [2.05, 4.69) is 32.7 Å². The van der Waals surface area contributed by atoms with E-state index >= 15 is 0 Å². The number of carbonyl (C=O) groups is 2. The Balaban J connectivity index is 1.56. The van der Waals surface area contributed by atoms with Crippen LogP contribution >= 0.6 is 11.3 Å². The molecule has 0 bridgehead atoms. The topological polar surface area (TPSA) is 65.2 Å². The summed E-state index contributed by atoms with van der Waals surface area (Å²) in [5.74, 6) is 0.344. The van der Waals surface area contributed by atoms with Crippen molar-refractivity contribution in [3.05, 3.63) is 44.9 Å². The summed E-state index contributed by atoms with van der Waals surface area (Å²) in [7, 11) is 0. The Hall–Kier alpha value is -1.92. The van der Waals surface area contributed by atoms with Gasteiger partial charge < -0.3 is 10.3 Å². The zero-order valence-corrected chi connectivity index (χ0v) is 16.5. The number of Topliss-reactive ketones (excluding diaryl/α,β-unsaturated/α-hetero) is 1. The van der Waals surface area contributed by atoms with Crippen molar-refractivity contribution in [2.45, 2.75) is 40.2 Å². The molecule has 2 aromatic rings. The standard InChI is InChI=1S/C20H27N3O2S/c1-13-18(15(3)24)14(2)22-19(13)20(25)21-10-16-6-4-8-23(11-16)12-17-7-5-9-26-17/h5,7,9,16,22H,4,6,8,10-12H2,1-3H3,(H,21,25). The highest BCUT2D eigenvalue weighted by atomic mass is 32.1. The second kappa shape index (κ2) is 8.18. The van der Waals surface area contributed by atoms with Crippen LogP contribution in [0.3, 0.4) is 0 Å². The summed E-state index contributed by atoms with van der Waals surface area (Å²) in [5, 5.41) is 5.18. The fourth-order valence-electron chi connectivity index (χ4n) is 3.92. The summed E-state index contributed by atoms with van der Waals surface area (Å²) in [6, 6.07) is 4.27. The third-order valence-electron chi connectivity index (χ3n) is 5.13. The van der Waals surface area contributed by atoms with Crippen LogP contribution in [0.5, 0.6) is 0 Å². The number of nitrogens with one attached hydrogen (secondary N) is 2. The first-order chi connectivity index (χ1) is 12.5. The number of ketones is 1. The monoisotopic (exact) mass is 373 g/mol. The van der Waals surface area contributed by atoms with Gasteiger partial charge in [0.1, 0.15) is 5.69 Å². The minimum absolute atomic E-state index is 0.00759. The Morgan fingerprint density at radius 2 is 2.19 bits per heavy atom. The van der Waals surface area contributed by atoms with Gasteiger partial charge in [0.15, 0.2) is 5.78 Å². The number of nitrogens with zero attached hydrogens (tertiary/aromatic N) is 1. The third kappa shape index (κ3) is 4.24. The zero-order chi connectivity index (χ0) is 18.7. The third-order valence-corrected chi connectivity index (χ3v) is 5.99.